The van der Waals surface area contributed by atoms with Gasteiger partial charge in [0.25, 0.3) is 10.1 Å². The first-order valence-corrected chi connectivity index (χ1v) is 8.42. The molecule has 1 aliphatic rings. The number of carbonyl (C=O) groups is 1. The van der Waals surface area contributed by atoms with Gasteiger partial charge in [0.05, 0.1) is 23.3 Å². The normalized spacial score (nSPS) is 18.2. The van der Waals surface area contributed by atoms with Crippen molar-refractivity contribution in [2.24, 2.45) is 5.92 Å². The zero-order valence-electron chi connectivity index (χ0n) is 12.1. The summed E-state index contributed by atoms with van der Waals surface area (Å²) in [6, 6.07) is 8.12. The molecule has 0 aliphatic heterocycles. The molecule has 0 saturated heterocycles. The maximum absolute atomic E-state index is 12.1. The van der Waals surface area contributed by atoms with Crippen molar-refractivity contribution in [1.29, 1.82) is 0 Å². The summed E-state index contributed by atoms with van der Waals surface area (Å²) in [7, 11) is -3.80. The van der Waals surface area contributed by atoms with E-state index in [1.807, 2.05) is 6.92 Å². The van der Waals surface area contributed by atoms with E-state index in [2.05, 4.69) is 0 Å². The van der Waals surface area contributed by atoms with Crippen LogP contribution in [0.25, 0.3) is 0 Å². The molecule has 1 aliphatic carbocycles. The van der Waals surface area contributed by atoms with Crippen LogP contribution in [0, 0.1) is 12.8 Å². The summed E-state index contributed by atoms with van der Waals surface area (Å²) in [6.07, 6.45) is 2.27. The number of carbonyl (C=O) groups excluding carboxylic acids is 1. The highest BCUT2D eigenvalue weighted by Gasteiger charge is 2.29. The lowest BCUT2D eigenvalue weighted by Crippen LogP contribution is -2.24. The van der Waals surface area contributed by atoms with Crippen molar-refractivity contribution in [3.63, 3.8) is 0 Å². The Labute approximate surface area is 129 Å². The second-order valence-electron chi connectivity index (χ2n) is 5.51. The number of hydrogen-bond acceptors (Lipinski definition) is 5. The predicted octanol–water partition coefficient (Wildman–Crippen LogP) is 2.74. The van der Waals surface area contributed by atoms with E-state index >= 15 is 0 Å². The highest BCUT2D eigenvalue weighted by Crippen LogP contribution is 2.27. The summed E-state index contributed by atoms with van der Waals surface area (Å²) < 4.78 is 34.6. The topological polar surface area (TPSA) is 73.6 Å². The zero-order chi connectivity index (χ0) is 15.7. The van der Waals surface area contributed by atoms with Crippen molar-refractivity contribution in [1.82, 2.24) is 0 Å². The van der Waals surface area contributed by atoms with Gasteiger partial charge in [-0.1, -0.05) is 17.7 Å². The average Bonchev–Trinajstić information content (AvgIpc) is 2.95. The van der Waals surface area contributed by atoms with E-state index in [0.29, 0.717) is 17.7 Å². The van der Waals surface area contributed by atoms with Gasteiger partial charge in [-0.2, -0.15) is 8.42 Å². The molecule has 0 saturated carbocycles. The van der Waals surface area contributed by atoms with Crippen molar-refractivity contribution in [3.05, 3.63) is 53.5 Å². The summed E-state index contributed by atoms with van der Waals surface area (Å²) in [5.74, 6) is 0.389. The molecule has 116 valence electrons. The largest absolute Gasteiger partial charge is 0.469 e. The molecule has 0 N–H and O–H groups in total. The molecule has 3 rings (SSSR count). The maximum atomic E-state index is 12.1. The fourth-order valence-electron chi connectivity index (χ4n) is 2.53. The van der Waals surface area contributed by atoms with Crippen LogP contribution in [0.1, 0.15) is 28.1 Å². The smallest absolute Gasteiger partial charge is 0.296 e. The van der Waals surface area contributed by atoms with Gasteiger partial charge >= 0.3 is 0 Å². The Hall–Kier alpha value is -1.92. The first-order chi connectivity index (χ1) is 10.5. The van der Waals surface area contributed by atoms with Crippen molar-refractivity contribution in [2.45, 2.75) is 24.7 Å². The fourth-order valence-corrected chi connectivity index (χ4v) is 3.51. The Morgan fingerprint density at radius 1 is 1.18 bits per heavy atom. The van der Waals surface area contributed by atoms with Crippen LogP contribution in [-0.4, -0.2) is 20.8 Å². The monoisotopic (exact) mass is 320 g/mol. The van der Waals surface area contributed by atoms with Crippen LogP contribution in [0.2, 0.25) is 0 Å². The molecule has 1 heterocycles. The van der Waals surface area contributed by atoms with E-state index in [0.717, 1.165) is 5.56 Å². The number of benzene rings is 1. The lowest BCUT2D eigenvalue weighted by Gasteiger charge is -2.19. The first-order valence-electron chi connectivity index (χ1n) is 7.01. The minimum atomic E-state index is -3.80. The molecule has 1 atom stereocenters. The molecule has 0 bridgehead atoms. The first kappa shape index (κ1) is 15.0. The molecule has 6 heteroatoms. The molecule has 1 aromatic carbocycles. The minimum absolute atomic E-state index is 0.0257. The number of rotatable bonds is 4. The van der Waals surface area contributed by atoms with Crippen LogP contribution in [-0.2, 0) is 20.7 Å². The number of furan rings is 1. The van der Waals surface area contributed by atoms with E-state index < -0.39 is 10.1 Å². The molecule has 0 fully saturated rings. The van der Waals surface area contributed by atoms with Gasteiger partial charge in [0.2, 0.25) is 0 Å². The Morgan fingerprint density at radius 3 is 2.64 bits per heavy atom. The quantitative estimate of drug-likeness (QED) is 0.810. The minimum Gasteiger partial charge on any atom is -0.469 e. The number of hydrogen-bond donors (Lipinski definition) is 0. The Kier molecular flexibility index (Phi) is 3.88. The number of fused-ring (bicyclic) bond motifs is 1. The SMILES string of the molecule is Cc1ccc(S(=O)(=O)OC[C@@H]2CC(=O)c3ccoc3C2)cc1. The number of Topliss-reactive ketones (excluding diaryl/α,β-unsaturated/α-hetero) is 1. The summed E-state index contributed by atoms with van der Waals surface area (Å²) in [5.41, 5.74) is 1.57. The third-order valence-corrected chi connectivity index (χ3v) is 5.06. The molecular weight excluding hydrogens is 304 g/mol. The van der Waals surface area contributed by atoms with Gasteiger partial charge in [0.1, 0.15) is 5.76 Å². The van der Waals surface area contributed by atoms with Crippen molar-refractivity contribution in [2.75, 3.05) is 6.61 Å². The highest BCUT2D eigenvalue weighted by atomic mass is 32.2. The molecule has 5 nitrogen and oxygen atoms in total. The van der Waals surface area contributed by atoms with Crippen LogP contribution in [0.4, 0.5) is 0 Å². The van der Waals surface area contributed by atoms with Crippen molar-refractivity contribution >= 4 is 15.9 Å². The highest BCUT2D eigenvalue weighted by molar-refractivity contribution is 7.86. The summed E-state index contributed by atoms with van der Waals surface area (Å²) in [4.78, 5) is 12.0. The van der Waals surface area contributed by atoms with Crippen LogP contribution < -0.4 is 0 Å². The van der Waals surface area contributed by atoms with Gasteiger partial charge in [-0.3, -0.25) is 8.98 Å². The van der Waals surface area contributed by atoms with Crippen LogP contribution in [0.3, 0.4) is 0 Å². The Morgan fingerprint density at radius 2 is 1.91 bits per heavy atom. The molecule has 0 spiro atoms. The summed E-state index contributed by atoms with van der Waals surface area (Å²) in [5, 5.41) is 0. The fraction of sp³-hybridized carbons (Fsp3) is 0.312. The predicted molar refractivity (Wildman–Crippen MR) is 79.2 cm³/mol. The standard InChI is InChI=1S/C16H16O5S/c1-11-2-4-13(5-3-11)22(18,19)21-10-12-8-15(17)14-6-7-20-16(14)9-12/h2-7,12H,8-10H2,1H3/t12-/m1/s1. The lowest BCUT2D eigenvalue weighted by molar-refractivity contribution is 0.0920. The Balaban J connectivity index is 1.68. The molecule has 22 heavy (non-hydrogen) atoms. The van der Waals surface area contributed by atoms with Gasteiger partial charge in [0, 0.05) is 12.8 Å². The third-order valence-electron chi connectivity index (χ3n) is 3.76. The van der Waals surface area contributed by atoms with Crippen LogP contribution in [0.5, 0.6) is 0 Å². The summed E-state index contributed by atoms with van der Waals surface area (Å²) >= 11 is 0. The third kappa shape index (κ3) is 2.98. The summed E-state index contributed by atoms with van der Waals surface area (Å²) in [6.45, 7) is 1.86. The van der Waals surface area contributed by atoms with E-state index in [1.165, 1.54) is 18.4 Å². The molecule has 0 unspecified atom stereocenters. The van der Waals surface area contributed by atoms with Gasteiger partial charge in [-0.15, -0.1) is 0 Å². The second kappa shape index (κ2) is 5.70. The van der Waals surface area contributed by atoms with E-state index in [-0.39, 0.29) is 29.6 Å². The molecule has 1 aromatic heterocycles. The Bertz CT molecular complexity index is 786. The van der Waals surface area contributed by atoms with Crippen LogP contribution >= 0.6 is 0 Å². The molecular formula is C16H16O5S. The van der Waals surface area contributed by atoms with Gasteiger partial charge in [-0.25, -0.2) is 0 Å². The zero-order valence-corrected chi connectivity index (χ0v) is 12.9. The van der Waals surface area contributed by atoms with Gasteiger partial charge < -0.3 is 4.42 Å². The van der Waals surface area contributed by atoms with Crippen LogP contribution in [0.15, 0.2) is 45.9 Å². The molecule has 0 radical (unpaired) electrons. The molecule has 2 aromatic rings. The van der Waals surface area contributed by atoms with Gasteiger partial charge in [0.15, 0.2) is 5.78 Å². The van der Waals surface area contributed by atoms with Crippen molar-refractivity contribution < 1.29 is 21.8 Å². The van der Waals surface area contributed by atoms with Gasteiger partial charge in [-0.05, 0) is 31.0 Å². The van der Waals surface area contributed by atoms with E-state index in [4.69, 9.17) is 8.60 Å². The maximum Gasteiger partial charge on any atom is 0.296 e. The van der Waals surface area contributed by atoms with Crippen molar-refractivity contribution in [3.8, 4) is 0 Å². The second-order valence-corrected chi connectivity index (χ2v) is 7.12. The average molecular weight is 320 g/mol. The van der Waals surface area contributed by atoms with E-state index in [1.54, 1.807) is 18.2 Å². The van der Waals surface area contributed by atoms with E-state index in [9.17, 15) is 13.2 Å². The molecule has 0 amide bonds. The lowest BCUT2D eigenvalue weighted by atomic mass is 9.88. The number of ketones is 1. The number of aryl methyl sites for hydroxylation is 1.